The van der Waals surface area contributed by atoms with Crippen molar-refractivity contribution in [3.8, 4) is 0 Å². The third-order valence-corrected chi connectivity index (χ3v) is 3.06. The molecule has 0 saturated carbocycles. The van der Waals surface area contributed by atoms with E-state index < -0.39 is 0 Å². The van der Waals surface area contributed by atoms with Gasteiger partial charge in [-0.15, -0.1) is 0 Å². The highest BCUT2D eigenvalue weighted by Gasteiger charge is 2.16. The van der Waals surface area contributed by atoms with Crippen LogP contribution in [0, 0.1) is 6.92 Å². The molecule has 2 aromatic heterocycles. The molecule has 0 aromatic carbocycles. The van der Waals surface area contributed by atoms with E-state index in [0.717, 1.165) is 6.54 Å². The third kappa shape index (κ3) is 3.05. The van der Waals surface area contributed by atoms with Crippen LogP contribution in [0.25, 0.3) is 5.65 Å². The van der Waals surface area contributed by atoms with Gasteiger partial charge in [0.1, 0.15) is 11.3 Å². The molecule has 2 aromatic rings. The van der Waals surface area contributed by atoms with Crippen molar-refractivity contribution in [3.05, 3.63) is 34.7 Å². The maximum atomic E-state index is 12.2. The Balaban J connectivity index is 2.24. The predicted octanol–water partition coefficient (Wildman–Crippen LogP) is 1.59. The zero-order valence-corrected chi connectivity index (χ0v) is 12.0. The summed E-state index contributed by atoms with van der Waals surface area (Å²) in [5.74, 6) is -0.117. The van der Waals surface area contributed by atoms with Gasteiger partial charge >= 0.3 is 0 Å². The van der Waals surface area contributed by atoms with E-state index in [0.29, 0.717) is 28.6 Å². The fraction of sp³-hybridized carbons (Fsp3) is 0.385. The molecule has 1 N–H and O–H groups in total. The van der Waals surface area contributed by atoms with Crippen LogP contribution in [0.4, 0.5) is 0 Å². The van der Waals surface area contributed by atoms with Crippen LogP contribution < -0.4 is 5.32 Å². The molecule has 0 aliphatic carbocycles. The number of imidazole rings is 1. The lowest BCUT2D eigenvalue weighted by Crippen LogP contribution is -2.32. The van der Waals surface area contributed by atoms with Gasteiger partial charge in [0.15, 0.2) is 0 Å². The second-order valence-corrected chi connectivity index (χ2v) is 5.11. The fourth-order valence-electron chi connectivity index (χ4n) is 1.89. The molecule has 0 radical (unpaired) electrons. The van der Waals surface area contributed by atoms with E-state index >= 15 is 0 Å². The van der Waals surface area contributed by atoms with Gasteiger partial charge in [-0.3, -0.25) is 9.20 Å². The number of carbonyl (C=O) groups is 1. The maximum Gasteiger partial charge on any atom is 0.270 e. The van der Waals surface area contributed by atoms with Crippen molar-refractivity contribution in [2.75, 3.05) is 27.2 Å². The van der Waals surface area contributed by atoms with E-state index in [9.17, 15) is 4.79 Å². The zero-order valence-electron chi connectivity index (χ0n) is 11.3. The van der Waals surface area contributed by atoms with Gasteiger partial charge in [0, 0.05) is 30.4 Å². The van der Waals surface area contributed by atoms with Crippen LogP contribution in [0.15, 0.2) is 18.3 Å². The molecule has 2 rings (SSSR count). The van der Waals surface area contributed by atoms with Crippen LogP contribution in [-0.2, 0) is 0 Å². The summed E-state index contributed by atoms with van der Waals surface area (Å²) >= 11 is 5.92. The van der Waals surface area contributed by atoms with Gasteiger partial charge in [-0.05, 0) is 27.1 Å². The number of amides is 1. The second-order valence-electron chi connectivity index (χ2n) is 4.68. The lowest BCUT2D eigenvalue weighted by molar-refractivity contribution is 0.0944. The summed E-state index contributed by atoms with van der Waals surface area (Å²) in [5, 5.41) is 3.50. The largest absolute Gasteiger partial charge is 0.349 e. The topological polar surface area (TPSA) is 49.6 Å². The second kappa shape index (κ2) is 5.59. The Morgan fingerprint density at radius 1 is 1.53 bits per heavy atom. The summed E-state index contributed by atoms with van der Waals surface area (Å²) in [5.41, 5.74) is 1.94. The maximum absolute atomic E-state index is 12.2. The van der Waals surface area contributed by atoms with Crippen molar-refractivity contribution >= 4 is 23.2 Å². The highest BCUT2D eigenvalue weighted by atomic mass is 35.5. The number of nitrogens with zero attached hydrogens (tertiary/aromatic N) is 3. The molecule has 0 spiro atoms. The number of rotatable bonds is 4. The van der Waals surface area contributed by atoms with Crippen molar-refractivity contribution in [1.82, 2.24) is 19.6 Å². The van der Waals surface area contributed by atoms with E-state index in [-0.39, 0.29) is 5.91 Å². The molecule has 102 valence electrons. The number of halogens is 1. The first-order valence-electron chi connectivity index (χ1n) is 6.06. The molecule has 0 aliphatic rings. The highest BCUT2D eigenvalue weighted by Crippen LogP contribution is 2.16. The molecule has 0 atom stereocenters. The molecule has 0 unspecified atom stereocenters. The molecule has 0 fully saturated rings. The number of carbonyl (C=O) groups excluding carboxylic acids is 1. The van der Waals surface area contributed by atoms with Crippen LogP contribution in [0.2, 0.25) is 5.02 Å². The van der Waals surface area contributed by atoms with Crippen LogP contribution in [0.5, 0.6) is 0 Å². The lowest BCUT2D eigenvalue weighted by Gasteiger charge is -2.10. The summed E-state index contributed by atoms with van der Waals surface area (Å²) in [4.78, 5) is 18.5. The Kier molecular flexibility index (Phi) is 4.07. The van der Waals surface area contributed by atoms with Crippen molar-refractivity contribution < 1.29 is 4.79 Å². The van der Waals surface area contributed by atoms with Gasteiger partial charge in [-0.1, -0.05) is 11.6 Å². The van der Waals surface area contributed by atoms with Crippen LogP contribution in [0.3, 0.4) is 0 Å². The van der Waals surface area contributed by atoms with Gasteiger partial charge in [0.05, 0.1) is 5.69 Å². The molecule has 6 heteroatoms. The number of nitrogens with one attached hydrogen (secondary N) is 1. The molecular formula is C13H17ClN4O. The number of pyridine rings is 1. The molecule has 0 bridgehead atoms. The lowest BCUT2D eigenvalue weighted by atomic mass is 10.3. The van der Waals surface area contributed by atoms with E-state index in [1.165, 1.54) is 0 Å². The van der Waals surface area contributed by atoms with Gasteiger partial charge in [0.2, 0.25) is 0 Å². The Bertz CT molecular complexity index is 606. The predicted molar refractivity (Wildman–Crippen MR) is 75.8 cm³/mol. The minimum atomic E-state index is -0.117. The standard InChI is InChI=1S/C13H17ClN4O/c1-9-12(13(19)15-5-7-17(2)3)18-6-4-10(14)8-11(18)16-9/h4,6,8H,5,7H2,1-3H3,(H,15,19). The first-order valence-corrected chi connectivity index (χ1v) is 6.44. The average Bonchev–Trinajstić information content (AvgIpc) is 2.63. The summed E-state index contributed by atoms with van der Waals surface area (Å²) in [6.45, 7) is 3.22. The number of aryl methyl sites for hydroxylation is 1. The molecule has 0 saturated heterocycles. The van der Waals surface area contributed by atoms with Gasteiger partial charge in [-0.25, -0.2) is 4.98 Å². The van der Waals surface area contributed by atoms with E-state index in [4.69, 9.17) is 11.6 Å². The molecule has 2 heterocycles. The van der Waals surface area contributed by atoms with Gasteiger partial charge in [0.25, 0.3) is 5.91 Å². The first-order chi connectivity index (χ1) is 8.99. The Hall–Kier alpha value is -1.59. The minimum Gasteiger partial charge on any atom is -0.349 e. The molecule has 1 amide bonds. The first kappa shape index (κ1) is 13.8. The molecule has 5 nitrogen and oxygen atoms in total. The summed E-state index contributed by atoms with van der Waals surface area (Å²) in [7, 11) is 3.93. The Morgan fingerprint density at radius 3 is 2.95 bits per heavy atom. The van der Waals surface area contributed by atoms with Crippen LogP contribution >= 0.6 is 11.6 Å². The monoisotopic (exact) mass is 280 g/mol. The minimum absolute atomic E-state index is 0.117. The van der Waals surface area contributed by atoms with Crippen molar-refractivity contribution in [2.45, 2.75) is 6.92 Å². The van der Waals surface area contributed by atoms with Crippen molar-refractivity contribution in [1.29, 1.82) is 0 Å². The van der Waals surface area contributed by atoms with Crippen LogP contribution in [0.1, 0.15) is 16.2 Å². The summed E-state index contributed by atoms with van der Waals surface area (Å²) in [6.07, 6.45) is 1.76. The number of likely N-dealkylation sites (N-methyl/N-ethyl adjacent to an activating group) is 1. The van der Waals surface area contributed by atoms with E-state index in [1.54, 1.807) is 22.7 Å². The summed E-state index contributed by atoms with van der Waals surface area (Å²) < 4.78 is 1.76. The zero-order chi connectivity index (χ0) is 14.0. The Morgan fingerprint density at radius 2 is 2.26 bits per heavy atom. The smallest absolute Gasteiger partial charge is 0.270 e. The number of aromatic nitrogens is 2. The van der Waals surface area contributed by atoms with Crippen molar-refractivity contribution in [3.63, 3.8) is 0 Å². The van der Waals surface area contributed by atoms with E-state index in [2.05, 4.69) is 10.3 Å². The molecule has 0 aliphatic heterocycles. The fourth-order valence-corrected chi connectivity index (χ4v) is 2.04. The average molecular weight is 281 g/mol. The van der Waals surface area contributed by atoms with E-state index in [1.807, 2.05) is 25.9 Å². The Labute approximate surface area is 117 Å². The van der Waals surface area contributed by atoms with Gasteiger partial charge in [-0.2, -0.15) is 0 Å². The SMILES string of the molecule is Cc1nc2cc(Cl)ccn2c1C(=O)NCCN(C)C. The quantitative estimate of drug-likeness (QED) is 0.925. The van der Waals surface area contributed by atoms with Crippen LogP contribution in [-0.4, -0.2) is 47.4 Å². The van der Waals surface area contributed by atoms with Crippen molar-refractivity contribution in [2.24, 2.45) is 0 Å². The molecular weight excluding hydrogens is 264 g/mol. The normalized spacial score (nSPS) is 11.2. The molecule has 19 heavy (non-hydrogen) atoms. The number of hydrogen-bond acceptors (Lipinski definition) is 3. The third-order valence-electron chi connectivity index (χ3n) is 2.82. The number of fused-ring (bicyclic) bond motifs is 1. The summed E-state index contributed by atoms with van der Waals surface area (Å²) in [6, 6.07) is 3.48. The highest BCUT2D eigenvalue weighted by molar-refractivity contribution is 6.30. The van der Waals surface area contributed by atoms with Gasteiger partial charge < -0.3 is 10.2 Å². The number of hydrogen-bond donors (Lipinski definition) is 1.